The third kappa shape index (κ3) is 2.93. The van der Waals surface area contributed by atoms with Crippen molar-refractivity contribution in [2.75, 3.05) is 0 Å². The molecule has 1 heterocycles. The Morgan fingerprint density at radius 1 is 1.16 bits per heavy atom. The van der Waals surface area contributed by atoms with Crippen LogP contribution in [-0.2, 0) is 6.42 Å². The van der Waals surface area contributed by atoms with E-state index in [1.165, 1.54) is 12.8 Å². The zero-order chi connectivity index (χ0) is 13.4. The summed E-state index contributed by atoms with van der Waals surface area (Å²) in [5, 5.41) is 1.22. The molecule has 0 saturated heterocycles. The molecule has 1 aliphatic carbocycles. The predicted molar refractivity (Wildman–Crippen MR) is 81.0 cm³/mol. The van der Waals surface area contributed by atoms with Crippen molar-refractivity contribution in [1.82, 2.24) is 9.97 Å². The molecule has 2 nitrogen and oxygen atoms in total. The number of rotatable bonds is 3. The fourth-order valence-electron chi connectivity index (χ4n) is 2.00. The fourth-order valence-corrected chi connectivity index (χ4v) is 2.90. The molecule has 1 aliphatic rings. The topological polar surface area (TPSA) is 25.8 Å². The van der Waals surface area contributed by atoms with Crippen molar-refractivity contribution >= 4 is 39.1 Å². The number of benzene rings is 1. The summed E-state index contributed by atoms with van der Waals surface area (Å²) in [4.78, 5) is 8.96. The lowest BCUT2D eigenvalue weighted by atomic mass is 10.1. The number of aromatic nitrogens is 2. The highest BCUT2D eigenvalue weighted by atomic mass is 79.9. The van der Waals surface area contributed by atoms with Gasteiger partial charge < -0.3 is 0 Å². The first kappa shape index (κ1) is 13.3. The van der Waals surface area contributed by atoms with Gasteiger partial charge in [0.25, 0.3) is 0 Å². The van der Waals surface area contributed by atoms with Gasteiger partial charge in [0.05, 0.1) is 10.2 Å². The summed E-state index contributed by atoms with van der Waals surface area (Å²) in [6, 6.07) is 7.73. The highest BCUT2D eigenvalue weighted by Crippen LogP contribution is 2.43. The third-order valence-electron chi connectivity index (χ3n) is 3.15. The summed E-state index contributed by atoms with van der Waals surface area (Å²) < 4.78 is 0.833. The number of hydrogen-bond acceptors (Lipinski definition) is 2. The average Bonchev–Trinajstić information content (AvgIpc) is 3.20. The molecule has 2 aromatic rings. The summed E-state index contributed by atoms with van der Waals surface area (Å²) >= 11 is 15.8. The van der Waals surface area contributed by atoms with Crippen LogP contribution in [0.4, 0.5) is 0 Å². The highest BCUT2D eigenvalue weighted by molar-refractivity contribution is 9.10. The molecule has 1 fully saturated rings. The first-order chi connectivity index (χ1) is 9.15. The van der Waals surface area contributed by atoms with E-state index in [-0.39, 0.29) is 0 Å². The lowest BCUT2D eigenvalue weighted by molar-refractivity contribution is 0.890. The van der Waals surface area contributed by atoms with Gasteiger partial charge in [-0.1, -0.05) is 41.4 Å². The van der Waals surface area contributed by atoms with Crippen molar-refractivity contribution < 1.29 is 0 Å². The molecule has 0 unspecified atom stereocenters. The van der Waals surface area contributed by atoms with Gasteiger partial charge in [-0.2, -0.15) is 0 Å². The van der Waals surface area contributed by atoms with E-state index in [9.17, 15) is 0 Å². The van der Waals surface area contributed by atoms with Crippen LogP contribution in [0.5, 0.6) is 0 Å². The molecule has 0 amide bonds. The minimum absolute atomic E-state index is 0.485. The minimum atomic E-state index is 0.485. The third-order valence-corrected chi connectivity index (χ3v) is 4.81. The molecule has 98 valence electrons. The molecule has 0 N–H and O–H groups in total. The van der Waals surface area contributed by atoms with Crippen LogP contribution in [0, 0.1) is 0 Å². The second kappa shape index (κ2) is 5.39. The van der Waals surface area contributed by atoms with Gasteiger partial charge >= 0.3 is 0 Å². The Morgan fingerprint density at radius 2 is 1.89 bits per heavy atom. The molecule has 1 aromatic heterocycles. The van der Waals surface area contributed by atoms with E-state index in [0.717, 1.165) is 26.6 Å². The van der Waals surface area contributed by atoms with Crippen LogP contribution in [0.25, 0.3) is 0 Å². The molecular formula is C14H11BrCl2N2. The van der Waals surface area contributed by atoms with Crippen molar-refractivity contribution in [2.45, 2.75) is 25.2 Å². The van der Waals surface area contributed by atoms with E-state index in [2.05, 4.69) is 25.9 Å². The normalized spacial score (nSPS) is 14.7. The largest absolute Gasteiger partial charge is 0.236 e. The summed E-state index contributed by atoms with van der Waals surface area (Å²) in [5.41, 5.74) is 2.05. The smallest absolute Gasteiger partial charge is 0.147 e. The van der Waals surface area contributed by atoms with Crippen molar-refractivity contribution in [2.24, 2.45) is 0 Å². The van der Waals surface area contributed by atoms with E-state index in [4.69, 9.17) is 23.2 Å². The Morgan fingerprint density at radius 3 is 2.58 bits per heavy atom. The minimum Gasteiger partial charge on any atom is -0.236 e. The first-order valence-corrected chi connectivity index (χ1v) is 7.65. The Balaban J connectivity index is 1.95. The quantitative estimate of drug-likeness (QED) is 0.721. The zero-order valence-electron chi connectivity index (χ0n) is 10.0. The Labute approximate surface area is 130 Å². The molecule has 0 spiro atoms. The Hall–Kier alpha value is -0.640. The van der Waals surface area contributed by atoms with Crippen molar-refractivity contribution in [3.05, 3.63) is 56.0 Å². The van der Waals surface area contributed by atoms with Crippen LogP contribution in [0.15, 0.2) is 28.7 Å². The van der Waals surface area contributed by atoms with Crippen molar-refractivity contribution in [3.8, 4) is 0 Å². The Kier molecular flexibility index (Phi) is 3.79. The molecule has 0 radical (unpaired) electrons. The monoisotopic (exact) mass is 356 g/mol. The van der Waals surface area contributed by atoms with Crippen LogP contribution in [-0.4, -0.2) is 9.97 Å². The lowest BCUT2D eigenvalue weighted by Gasteiger charge is -2.08. The molecule has 0 bridgehead atoms. The van der Waals surface area contributed by atoms with Crippen LogP contribution >= 0.6 is 39.1 Å². The summed E-state index contributed by atoms with van der Waals surface area (Å²) in [6.45, 7) is 0. The van der Waals surface area contributed by atoms with Gasteiger partial charge in [0.2, 0.25) is 0 Å². The summed E-state index contributed by atoms with van der Waals surface area (Å²) in [7, 11) is 0. The maximum Gasteiger partial charge on any atom is 0.147 e. The van der Waals surface area contributed by atoms with Gasteiger partial charge in [-0.25, -0.2) is 9.97 Å². The van der Waals surface area contributed by atoms with Gasteiger partial charge in [0, 0.05) is 17.4 Å². The van der Waals surface area contributed by atoms with Gasteiger partial charge in [0.1, 0.15) is 11.0 Å². The van der Waals surface area contributed by atoms with Gasteiger partial charge in [-0.05, 0) is 40.4 Å². The maximum atomic E-state index is 6.17. The number of hydrogen-bond donors (Lipinski definition) is 0. The predicted octanol–water partition coefficient (Wildman–Crippen LogP) is 5.01. The summed E-state index contributed by atoms with van der Waals surface area (Å²) in [6.07, 6.45) is 2.96. The highest BCUT2D eigenvalue weighted by Gasteiger charge is 2.29. The van der Waals surface area contributed by atoms with Gasteiger partial charge in [-0.15, -0.1) is 0 Å². The van der Waals surface area contributed by atoms with Crippen LogP contribution < -0.4 is 0 Å². The average molecular weight is 358 g/mol. The Bertz CT molecular complexity index is 627. The fraction of sp³-hybridized carbons (Fsp3) is 0.286. The first-order valence-electron chi connectivity index (χ1n) is 6.10. The zero-order valence-corrected chi connectivity index (χ0v) is 13.1. The van der Waals surface area contributed by atoms with E-state index in [0.29, 0.717) is 17.5 Å². The molecule has 3 rings (SSSR count). The molecule has 5 heteroatoms. The van der Waals surface area contributed by atoms with E-state index in [1.807, 2.05) is 24.3 Å². The van der Waals surface area contributed by atoms with Crippen LogP contribution in [0.1, 0.15) is 35.8 Å². The van der Waals surface area contributed by atoms with Gasteiger partial charge in [0.15, 0.2) is 0 Å². The second-order valence-electron chi connectivity index (χ2n) is 4.67. The van der Waals surface area contributed by atoms with E-state index < -0.39 is 0 Å². The summed E-state index contributed by atoms with van der Waals surface area (Å²) in [5.74, 6) is 1.25. The SMILES string of the molecule is Clc1ccccc1Cc1nc(Cl)c(Br)c(C2CC2)n1. The van der Waals surface area contributed by atoms with E-state index in [1.54, 1.807) is 0 Å². The molecule has 0 aliphatic heterocycles. The maximum absolute atomic E-state index is 6.17. The lowest BCUT2D eigenvalue weighted by Crippen LogP contribution is -2.02. The second-order valence-corrected chi connectivity index (χ2v) is 6.23. The molecule has 1 aromatic carbocycles. The van der Waals surface area contributed by atoms with Crippen LogP contribution in [0.3, 0.4) is 0 Å². The molecule has 19 heavy (non-hydrogen) atoms. The van der Waals surface area contributed by atoms with E-state index >= 15 is 0 Å². The van der Waals surface area contributed by atoms with Gasteiger partial charge in [-0.3, -0.25) is 0 Å². The van der Waals surface area contributed by atoms with Crippen molar-refractivity contribution in [3.63, 3.8) is 0 Å². The molecular weight excluding hydrogens is 347 g/mol. The standard InChI is InChI=1S/C14H11BrCl2N2/c15-12-13(8-5-6-8)18-11(19-14(12)17)7-9-3-1-2-4-10(9)16/h1-4,8H,5-7H2. The molecule has 1 saturated carbocycles. The van der Waals surface area contributed by atoms with Crippen molar-refractivity contribution in [1.29, 1.82) is 0 Å². The number of nitrogens with zero attached hydrogens (tertiary/aromatic N) is 2. The van der Waals surface area contributed by atoms with Crippen LogP contribution in [0.2, 0.25) is 10.2 Å². The number of halogens is 3. The molecule has 0 atom stereocenters.